The normalized spacial score (nSPS) is 11.9. The molecule has 1 N–H and O–H groups in total. The Morgan fingerprint density at radius 3 is 2.26 bits per heavy atom. The lowest BCUT2D eigenvalue weighted by molar-refractivity contribution is -0.325. The van der Waals surface area contributed by atoms with E-state index in [-0.39, 0.29) is 6.61 Å². The summed E-state index contributed by atoms with van der Waals surface area (Å²) in [5.41, 5.74) is 1.09. The Morgan fingerprint density at radius 2 is 1.74 bits per heavy atom. The molecule has 0 spiro atoms. The highest BCUT2D eigenvalue weighted by atomic mass is 19.4. The second-order valence-corrected chi connectivity index (χ2v) is 4.32. The first-order chi connectivity index (χ1) is 8.87. The summed E-state index contributed by atoms with van der Waals surface area (Å²) in [5, 5.41) is 3.26. The molecular formula is C13H18F3NO2. The van der Waals surface area contributed by atoms with Crippen molar-refractivity contribution in [2.45, 2.75) is 32.8 Å². The quantitative estimate of drug-likeness (QED) is 0.777. The van der Waals surface area contributed by atoms with Crippen molar-refractivity contribution in [2.24, 2.45) is 0 Å². The van der Waals surface area contributed by atoms with Crippen molar-refractivity contribution in [1.29, 1.82) is 0 Å². The molecule has 0 aliphatic carbocycles. The average Bonchev–Trinajstić information content (AvgIpc) is 2.32. The summed E-state index contributed by atoms with van der Waals surface area (Å²) in [6.07, 6.45) is -4.60. The Balaban J connectivity index is 2.28. The fourth-order valence-corrected chi connectivity index (χ4v) is 1.34. The zero-order valence-corrected chi connectivity index (χ0v) is 11.0. The summed E-state index contributed by atoms with van der Waals surface area (Å²) >= 11 is 0. The molecule has 0 atom stereocenters. The van der Waals surface area contributed by atoms with Gasteiger partial charge in [0.05, 0.1) is 6.61 Å². The molecule has 6 heteroatoms. The van der Waals surface area contributed by atoms with Crippen LogP contribution < -0.4 is 10.1 Å². The number of halogens is 3. The zero-order chi connectivity index (χ0) is 14.3. The minimum atomic E-state index is -4.60. The molecule has 0 saturated heterocycles. The Bertz CT molecular complexity index is 363. The number of hydrogen-bond acceptors (Lipinski definition) is 3. The van der Waals surface area contributed by atoms with Gasteiger partial charge in [-0.3, -0.25) is 4.74 Å². The molecule has 1 aromatic carbocycles. The minimum absolute atomic E-state index is 0.136. The van der Waals surface area contributed by atoms with Gasteiger partial charge in [0, 0.05) is 12.6 Å². The highest BCUT2D eigenvalue weighted by molar-refractivity contribution is 5.27. The third-order valence-electron chi connectivity index (χ3n) is 2.26. The summed E-state index contributed by atoms with van der Waals surface area (Å²) in [6.45, 7) is 4.20. The summed E-state index contributed by atoms with van der Waals surface area (Å²) in [4.78, 5) is 0. The molecule has 0 aromatic heterocycles. The van der Waals surface area contributed by atoms with Crippen LogP contribution in [0.25, 0.3) is 0 Å². The third kappa shape index (κ3) is 7.69. The van der Waals surface area contributed by atoms with Gasteiger partial charge in [-0.1, -0.05) is 26.0 Å². The Kier molecular flexibility index (Phi) is 6.11. The summed E-state index contributed by atoms with van der Waals surface area (Å²) in [5.74, 6) is 0.527. The van der Waals surface area contributed by atoms with Crippen molar-refractivity contribution < 1.29 is 22.6 Å². The zero-order valence-electron chi connectivity index (χ0n) is 11.0. The first kappa shape index (κ1) is 15.8. The van der Waals surface area contributed by atoms with Gasteiger partial charge in [0.1, 0.15) is 12.4 Å². The van der Waals surface area contributed by atoms with E-state index in [1.165, 1.54) is 0 Å². The van der Waals surface area contributed by atoms with Gasteiger partial charge in [-0.05, 0) is 17.7 Å². The molecule has 1 rings (SSSR count). The van der Waals surface area contributed by atoms with E-state index in [0.717, 1.165) is 12.1 Å². The van der Waals surface area contributed by atoms with Crippen molar-refractivity contribution in [3.63, 3.8) is 0 Å². The van der Waals surface area contributed by atoms with E-state index in [1.54, 1.807) is 12.1 Å². The summed E-state index contributed by atoms with van der Waals surface area (Å²) in [7, 11) is 0. The maximum atomic E-state index is 11.7. The number of benzene rings is 1. The van der Waals surface area contributed by atoms with Crippen molar-refractivity contribution in [3.8, 4) is 5.75 Å². The smallest absolute Gasteiger partial charge is 0.491 e. The van der Waals surface area contributed by atoms with E-state index >= 15 is 0 Å². The predicted octanol–water partition coefficient (Wildman–Crippen LogP) is 3.10. The number of rotatable bonds is 7. The van der Waals surface area contributed by atoms with E-state index in [0.29, 0.717) is 11.8 Å². The molecule has 0 aliphatic rings. The van der Waals surface area contributed by atoms with Crippen LogP contribution in [-0.4, -0.2) is 25.6 Å². The lowest BCUT2D eigenvalue weighted by Crippen LogP contribution is -2.21. The molecule has 0 radical (unpaired) electrons. The van der Waals surface area contributed by atoms with Gasteiger partial charge in [-0.2, -0.15) is 0 Å². The number of ether oxygens (including phenoxy) is 2. The maximum Gasteiger partial charge on any atom is 0.522 e. The second kappa shape index (κ2) is 7.35. The second-order valence-electron chi connectivity index (χ2n) is 4.32. The van der Waals surface area contributed by atoms with Crippen LogP contribution in [0.1, 0.15) is 19.4 Å². The largest absolute Gasteiger partial charge is 0.522 e. The first-order valence-corrected chi connectivity index (χ1v) is 6.02. The van der Waals surface area contributed by atoms with Crippen molar-refractivity contribution in [3.05, 3.63) is 29.8 Å². The minimum Gasteiger partial charge on any atom is -0.491 e. The number of nitrogens with one attached hydrogen (secondary N) is 1. The fraction of sp³-hybridized carbons (Fsp3) is 0.538. The van der Waals surface area contributed by atoms with Gasteiger partial charge in [-0.25, -0.2) is 0 Å². The SMILES string of the molecule is CC(C)NCc1ccc(OCCOC(F)(F)F)cc1. The van der Waals surface area contributed by atoms with Gasteiger partial charge < -0.3 is 10.1 Å². The highest BCUT2D eigenvalue weighted by Crippen LogP contribution is 2.16. The maximum absolute atomic E-state index is 11.7. The lowest BCUT2D eigenvalue weighted by atomic mass is 10.2. The Labute approximate surface area is 110 Å². The molecule has 0 aliphatic heterocycles. The molecule has 0 saturated carbocycles. The van der Waals surface area contributed by atoms with Crippen LogP contribution in [0.3, 0.4) is 0 Å². The van der Waals surface area contributed by atoms with Crippen molar-refractivity contribution in [2.75, 3.05) is 13.2 Å². The summed E-state index contributed by atoms with van der Waals surface area (Å²) < 4.78 is 43.8. The van der Waals surface area contributed by atoms with E-state index in [2.05, 4.69) is 23.9 Å². The molecule has 108 valence electrons. The molecule has 0 bridgehead atoms. The fourth-order valence-electron chi connectivity index (χ4n) is 1.34. The predicted molar refractivity (Wildman–Crippen MR) is 65.9 cm³/mol. The lowest BCUT2D eigenvalue weighted by Gasteiger charge is -2.10. The van der Waals surface area contributed by atoms with Gasteiger partial charge in [0.2, 0.25) is 0 Å². The van der Waals surface area contributed by atoms with Crippen LogP contribution in [0.15, 0.2) is 24.3 Å². The van der Waals surface area contributed by atoms with Gasteiger partial charge in [0.25, 0.3) is 0 Å². The van der Waals surface area contributed by atoms with Crippen LogP contribution >= 0.6 is 0 Å². The number of hydrogen-bond donors (Lipinski definition) is 1. The van der Waals surface area contributed by atoms with E-state index < -0.39 is 13.0 Å². The van der Waals surface area contributed by atoms with Crippen molar-refractivity contribution >= 4 is 0 Å². The van der Waals surface area contributed by atoms with Crippen LogP contribution in [0.4, 0.5) is 13.2 Å². The topological polar surface area (TPSA) is 30.5 Å². The molecule has 1 aromatic rings. The van der Waals surface area contributed by atoms with E-state index in [9.17, 15) is 13.2 Å². The molecule has 0 heterocycles. The van der Waals surface area contributed by atoms with Crippen molar-refractivity contribution in [1.82, 2.24) is 5.32 Å². The van der Waals surface area contributed by atoms with E-state index in [4.69, 9.17) is 4.74 Å². The Hall–Kier alpha value is -1.27. The first-order valence-electron chi connectivity index (χ1n) is 6.02. The summed E-state index contributed by atoms with van der Waals surface area (Å²) in [6, 6.07) is 7.59. The number of alkyl halides is 3. The third-order valence-corrected chi connectivity index (χ3v) is 2.26. The molecule has 0 unspecified atom stereocenters. The van der Waals surface area contributed by atoms with E-state index in [1.807, 2.05) is 12.1 Å². The molecule has 0 fully saturated rings. The molecule has 3 nitrogen and oxygen atoms in total. The highest BCUT2D eigenvalue weighted by Gasteiger charge is 2.28. The molecule has 19 heavy (non-hydrogen) atoms. The van der Waals surface area contributed by atoms with Crippen LogP contribution in [0.2, 0.25) is 0 Å². The van der Waals surface area contributed by atoms with Crippen LogP contribution in [-0.2, 0) is 11.3 Å². The standard InChI is InChI=1S/C13H18F3NO2/c1-10(2)17-9-11-3-5-12(6-4-11)18-7-8-19-13(14,15)16/h3-6,10,17H,7-9H2,1-2H3. The molecular weight excluding hydrogens is 259 g/mol. The molecule has 0 amide bonds. The Morgan fingerprint density at radius 1 is 1.11 bits per heavy atom. The average molecular weight is 277 g/mol. The van der Waals surface area contributed by atoms with Gasteiger partial charge in [-0.15, -0.1) is 13.2 Å². The monoisotopic (exact) mass is 277 g/mol. The van der Waals surface area contributed by atoms with Crippen LogP contribution in [0.5, 0.6) is 5.75 Å². The van der Waals surface area contributed by atoms with Gasteiger partial charge in [0.15, 0.2) is 0 Å². The van der Waals surface area contributed by atoms with Gasteiger partial charge >= 0.3 is 6.36 Å². The van der Waals surface area contributed by atoms with Crippen LogP contribution in [0, 0.1) is 0 Å².